The zero-order valence-electron chi connectivity index (χ0n) is 18.3. The molecule has 0 N–H and O–H groups in total. The number of piperazine rings is 1. The molecule has 3 nitrogen and oxygen atoms in total. The predicted octanol–water partition coefficient (Wildman–Crippen LogP) is 6.96. The van der Waals surface area contributed by atoms with Crippen LogP contribution in [0.2, 0.25) is 15.1 Å². The van der Waals surface area contributed by atoms with Crippen molar-refractivity contribution < 1.29 is 4.79 Å². The number of carbonyl (C=O) groups is 1. The van der Waals surface area contributed by atoms with E-state index < -0.39 is 5.41 Å². The fourth-order valence-corrected chi connectivity index (χ4v) is 4.35. The lowest BCUT2D eigenvalue weighted by atomic mass is 9.83. The number of amides is 1. The Morgan fingerprint density at radius 1 is 0.750 bits per heavy atom. The molecule has 1 heterocycles. The summed E-state index contributed by atoms with van der Waals surface area (Å²) in [5, 5.41) is 2.08. The summed E-state index contributed by atoms with van der Waals surface area (Å²) in [6, 6.07) is 24.9. The average molecular weight is 490 g/mol. The Hall–Kier alpha value is -2.20. The highest BCUT2D eigenvalue weighted by atomic mass is 35.5. The maximum atomic E-state index is 13.0. The van der Waals surface area contributed by atoms with Crippen LogP contribution in [-0.4, -0.2) is 37.0 Å². The normalized spacial score (nSPS) is 13.9. The number of halogens is 3. The van der Waals surface area contributed by atoms with E-state index in [-0.39, 0.29) is 5.91 Å². The minimum Gasteiger partial charge on any atom is -0.367 e. The number of carbonyl (C=O) groups excluding carboxylic acids is 1. The molecule has 1 fully saturated rings. The molecule has 168 valence electrons. The Labute approximate surface area is 205 Å². The topological polar surface area (TPSA) is 23.6 Å². The van der Waals surface area contributed by atoms with Gasteiger partial charge in [0.25, 0.3) is 0 Å². The third-order valence-corrected chi connectivity index (χ3v) is 6.37. The quantitative estimate of drug-likeness (QED) is 0.397. The Bertz CT molecular complexity index is 1020. The molecule has 0 aromatic heterocycles. The summed E-state index contributed by atoms with van der Waals surface area (Å²) in [6.07, 6.45) is 0. The first kappa shape index (κ1) is 24.4. The summed E-state index contributed by atoms with van der Waals surface area (Å²) in [6.45, 7) is 6.89. The molecule has 3 aromatic rings. The highest BCUT2D eigenvalue weighted by Crippen LogP contribution is 2.31. The van der Waals surface area contributed by atoms with E-state index in [9.17, 15) is 4.79 Å². The van der Waals surface area contributed by atoms with Gasteiger partial charge in [0.1, 0.15) is 0 Å². The average Bonchev–Trinajstić information content (AvgIpc) is 2.80. The second kappa shape index (κ2) is 11.1. The first-order valence-electron chi connectivity index (χ1n) is 10.5. The molecule has 0 spiro atoms. The zero-order valence-corrected chi connectivity index (χ0v) is 20.5. The smallest absolute Gasteiger partial charge is 0.232 e. The fraction of sp³-hybridized carbons (Fsp3) is 0.269. The third-order valence-electron chi connectivity index (χ3n) is 5.58. The molecule has 0 aliphatic carbocycles. The van der Waals surface area contributed by atoms with Crippen LogP contribution in [0, 0.1) is 0 Å². The molecule has 0 atom stereocenters. The second-order valence-electron chi connectivity index (χ2n) is 8.16. The number of rotatable bonds is 3. The van der Waals surface area contributed by atoms with E-state index in [1.54, 1.807) is 6.07 Å². The second-order valence-corrected chi connectivity index (χ2v) is 9.44. The molecule has 4 rings (SSSR count). The number of nitrogens with zero attached hydrogens (tertiary/aromatic N) is 2. The number of benzene rings is 3. The van der Waals surface area contributed by atoms with Crippen molar-refractivity contribution in [2.45, 2.75) is 19.3 Å². The van der Waals surface area contributed by atoms with Crippen LogP contribution in [0.5, 0.6) is 0 Å². The van der Waals surface area contributed by atoms with E-state index in [1.807, 2.05) is 91.5 Å². The molecule has 1 aliphatic rings. The maximum absolute atomic E-state index is 13.0. The van der Waals surface area contributed by atoms with Gasteiger partial charge in [-0.1, -0.05) is 83.3 Å². The molecule has 1 saturated heterocycles. The summed E-state index contributed by atoms with van der Waals surface area (Å²) < 4.78 is 0. The molecule has 32 heavy (non-hydrogen) atoms. The molecule has 6 heteroatoms. The van der Waals surface area contributed by atoms with Gasteiger partial charge in [-0.15, -0.1) is 0 Å². The van der Waals surface area contributed by atoms with Crippen molar-refractivity contribution in [3.05, 3.63) is 99.5 Å². The van der Waals surface area contributed by atoms with E-state index in [4.69, 9.17) is 34.8 Å². The molecule has 3 aromatic carbocycles. The largest absolute Gasteiger partial charge is 0.367 e. The summed E-state index contributed by atoms with van der Waals surface area (Å²) in [4.78, 5) is 17.2. The van der Waals surface area contributed by atoms with Gasteiger partial charge < -0.3 is 9.80 Å². The lowest BCUT2D eigenvalue weighted by molar-refractivity contribution is -0.136. The molecule has 0 bridgehead atoms. The summed E-state index contributed by atoms with van der Waals surface area (Å²) >= 11 is 17.8. The number of hydrogen-bond donors (Lipinski definition) is 0. The molecule has 0 radical (unpaired) electrons. The number of hydrogen-bond acceptors (Lipinski definition) is 2. The van der Waals surface area contributed by atoms with Crippen LogP contribution in [-0.2, 0) is 10.2 Å². The van der Waals surface area contributed by atoms with Crippen LogP contribution in [0.15, 0.2) is 78.9 Å². The molecule has 0 saturated carbocycles. The van der Waals surface area contributed by atoms with Gasteiger partial charge in [-0.25, -0.2) is 0 Å². The van der Waals surface area contributed by atoms with Gasteiger partial charge in [-0.3, -0.25) is 4.79 Å². The van der Waals surface area contributed by atoms with E-state index >= 15 is 0 Å². The molecular weight excluding hydrogens is 463 g/mol. The predicted molar refractivity (Wildman–Crippen MR) is 136 cm³/mol. The minimum atomic E-state index is -0.526. The van der Waals surface area contributed by atoms with Crippen molar-refractivity contribution in [2.75, 3.05) is 31.1 Å². The Balaban J connectivity index is 0.000000352. The minimum absolute atomic E-state index is 0.167. The van der Waals surface area contributed by atoms with Crippen molar-refractivity contribution in [1.29, 1.82) is 0 Å². The molecule has 1 amide bonds. The SMILES string of the molecule is CC(C)(C(=O)N1CCN(c2ccc(Cl)cc2Cl)CC1)c1ccccc1.Clc1ccccc1. The van der Waals surface area contributed by atoms with Crippen molar-refractivity contribution in [3.8, 4) is 0 Å². The summed E-state index contributed by atoms with van der Waals surface area (Å²) in [5.74, 6) is 0.167. The van der Waals surface area contributed by atoms with E-state index in [0.717, 1.165) is 29.4 Å². The van der Waals surface area contributed by atoms with E-state index in [1.165, 1.54) is 0 Å². The van der Waals surface area contributed by atoms with Gasteiger partial charge >= 0.3 is 0 Å². The first-order valence-corrected chi connectivity index (χ1v) is 11.7. The first-order chi connectivity index (χ1) is 15.3. The van der Waals surface area contributed by atoms with Crippen molar-refractivity contribution in [3.63, 3.8) is 0 Å². The highest BCUT2D eigenvalue weighted by molar-refractivity contribution is 6.36. The highest BCUT2D eigenvalue weighted by Gasteiger charge is 2.35. The maximum Gasteiger partial charge on any atom is 0.232 e. The van der Waals surface area contributed by atoms with Gasteiger partial charge in [-0.2, -0.15) is 0 Å². The van der Waals surface area contributed by atoms with Crippen molar-refractivity contribution >= 4 is 46.4 Å². The van der Waals surface area contributed by atoms with Crippen LogP contribution in [0.3, 0.4) is 0 Å². The standard InChI is InChI=1S/C20H22Cl2N2O.C6H5Cl/c1-20(2,15-6-4-3-5-7-15)19(25)24-12-10-23(11-13-24)18-9-8-16(21)14-17(18)22;7-6-4-2-1-3-5-6/h3-9,14H,10-13H2,1-2H3;1-5H. The third kappa shape index (κ3) is 6.19. The lowest BCUT2D eigenvalue weighted by Crippen LogP contribution is -2.53. The van der Waals surface area contributed by atoms with E-state index in [2.05, 4.69) is 4.90 Å². The van der Waals surface area contributed by atoms with Crippen LogP contribution < -0.4 is 4.90 Å². The van der Waals surface area contributed by atoms with Gasteiger partial charge in [-0.05, 0) is 49.7 Å². The van der Waals surface area contributed by atoms with E-state index in [0.29, 0.717) is 23.1 Å². The summed E-state index contributed by atoms with van der Waals surface area (Å²) in [5.41, 5.74) is 1.49. The summed E-state index contributed by atoms with van der Waals surface area (Å²) in [7, 11) is 0. The van der Waals surface area contributed by atoms with Crippen LogP contribution in [0.25, 0.3) is 0 Å². The van der Waals surface area contributed by atoms with Crippen molar-refractivity contribution in [1.82, 2.24) is 4.90 Å². The Morgan fingerprint density at radius 2 is 1.31 bits per heavy atom. The van der Waals surface area contributed by atoms with Gasteiger partial charge in [0.2, 0.25) is 5.91 Å². The van der Waals surface area contributed by atoms with Crippen LogP contribution >= 0.6 is 34.8 Å². The van der Waals surface area contributed by atoms with Gasteiger partial charge in [0, 0.05) is 36.2 Å². The lowest BCUT2D eigenvalue weighted by Gasteiger charge is -2.40. The Kier molecular flexibility index (Phi) is 8.47. The monoisotopic (exact) mass is 488 g/mol. The van der Waals surface area contributed by atoms with Gasteiger partial charge in [0.15, 0.2) is 0 Å². The zero-order chi connectivity index (χ0) is 23.1. The Morgan fingerprint density at radius 3 is 1.81 bits per heavy atom. The molecule has 1 aliphatic heterocycles. The van der Waals surface area contributed by atoms with Crippen molar-refractivity contribution in [2.24, 2.45) is 0 Å². The van der Waals surface area contributed by atoms with Crippen LogP contribution in [0.1, 0.15) is 19.4 Å². The van der Waals surface area contributed by atoms with Crippen LogP contribution in [0.4, 0.5) is 5.69 Å². The number of anilines is 1. The molecular formula is C26H27Cl3N2O. The van der Waals surface area contributed by atoms with Gasteiger partial charge in [0.05, 0.1) is 16.1 Å². The molecule has 0 unspecified atom stereocenters. The fourth-order valence-electron chi connectivity index (χ4n) is 3.68.